The zero-order chi connectivity index (χ0) is 18.9. The molecule has 0 saturated carbocycles. The Labute approximate surface area is 188 Å². The Balaban J connectivity index is 0.00000280. The fraction of sp³-hybridized carbons (Fsp3) is 0.333. The number of hydrogen-bond donors (Lipinski definition) is 2. The molecule has 150 valence electrons. The van der Waals surface area contributed by atoms with Crippen molar-refractivity contribution in [3.63, 3.8) is 0 Å². The van der Waals surface area contributed by atoms with E-state index in [1.54, 1.807) is 11.3 Å². The molecule has 3 aromatic rings. The van der Waals surface area contributed by atoms with Crippen molar-refractivity contribution in [2.45, 2.75) is 32.9 Å². The van der Waals surface area contributed by atoms with Gasteiger partial charge in [-0.25, -0.2) is 4.99 Å². The van der Waals surface area contributed by atoms with Crippen LogP contribution in [0.25, 0.3) is 0 Å². The molecule has 1 unspecified atom stereocenters. The van der Waals surface area contributed by atoms with Gasteiger partial charge in [-0.2, -0.15) is 16.4 Å². The summed E-state index contributed by atoms with van der Waals surface area (Å²) in [5.74, 6) is 1.31. The summed E-state index contributed by atoms with van der Waals surface area (Å²) in [7, 11) is 0. The Morgan fingerprint density at radius 1 is 1.18 bits per heavy atom. The molecule has 0 radical (unpaired) electrons. The van der Waals surface area contributed by atoms with Gasteiger partial charge in [0, 0.05) is 25.5 Å². The third-order valence-electron chi connectivity index (χ3n) is 4.45. The van der Waals surface area contributed by atoms with Crippen LogP contribution in [0.2, 0.25) is 0 Å². The van der Waals surface area contributed by atoms with E-state index in [1.165, 1.54) is 16.7 Å². The Kier molecular flexibility index (Phi) is 9.49. The predicted octanol–water partition coefficient (Wildman–Crippen LogP) is 4.47. The summed E-state index contributed by atoms with van der Waals surface area (Å²) < 4.78 is 1.94. The summed E-state index contributed by atoms with van der Waals surface area (Å²) in [6.07, 6.45) is 3.79. The first-order valence-corrected chi connectivity index (χ1v) is 10.3. The molecule has 0 aliphatic heterocycles. The molecule has 0 spiro atoms. The van der Waals surface area contributed by atoms with E-state index in [4.69, 9.17) is 4.99 Å². The normalized spacial score (nSPS) is 12.3. The van der Waals surface area contributed by atoms with E-state index >= 15 is 0 Å². The SMILES string of the molecule is CCNC(=NCc1ccccc1Cn1cccn1)NCC(C)c1ccsc1.I. The van der Waals surface area contributed by atoms with Crippen molar-refractivity contribution in [1.82, 2.24) is 20.4 Å². The van der Waals surface area contributed by atoms with Gasteiger partial charge in [-0.1, -0.05) is 31.2 Å². The first-order chi connectivity index (χ1) is 13.3. The molecule has 0 bridgehead atoms. The van der Waals surface area contributed by atoms with E-state index in [9.17, 15) is 0 Å². The van der Waals surface area contributed by atoms with Crippen LogP contribution in [-0.2, 0) is 13.1 Å². The van der Waals surface area contributed by atoms with E-state index in [2.05, 4.69) is 70.7 Å². The summed E-state index contributed by atoms with van der Waals surface area (Å²) in [5, 5.41) is 15.5. The standard InChI is InChI=1S/C21H27N5S.HI/c1-3-22-21(23-13-17(2)20-9-12-27-16-20)24-14-18-7-4-5-8-19(18)15-26-11-6-10-25-26;/h4-12,16-17H,3,13-15H2,1-2H3,(H2,22,23,24);1H. The molecule has 0 saturated heterocycles. The van der Waals surface area contributed by atoms with Crippen LogP contribution in [0, 0.1) is 0 Å². The molecule has 1 aromatic carbocycles. The van der Waals surface area contributed by atoms with Crippen LogP contribution in [0.4, 0.5) is 0 Å². The third-order valence-corrected chi connectivity index (χ3v) is 5.15. The maximum Gasteiger partial charge on any atom is 0.191 e. The molecule has 28 heavy (non-hydrogen) atoms. The van der Waals surface area contributed by atoms with Crippen molar-refractivity contribution in [3.05, 3.63) is 76.2 Å². The molecule has 1 atom stereocenters. The van der Waals surface area contributed by atoms with Crippen LogP contribution in [0.3, 0.4) is 0 Å². The van der Waals surface area contributed by atoms with E-state index in [0.29, 0.717) is 12.5 Å². The minimum Gasteiger partial charge on any atom is -0.357 e. The Morgan fingerprint density at radius 3 is 2.68 bits per heavy atom. The lowest BCUT2D eigenvalue weighted by Gasteiger charge is -2.15. The number of benzene rings is 1. The fourth-order valence-electron chi connectivity index (χ4n) is 2.86. The second-order valence-electron chi connectivity index (χ2n) is 6.51. The van der Waals surface area contributed by atoms with Crippen molar-refractivity contribution in [1.29, 1.82) is 0 Å². The van der Waals surface area contributed by atoms with Crippen molar-refractivity contribution in [2.24, 2.45) is 4.99 Å². The first kappa shape index (κ1) is 22.4. The lowest BCUT2D eigenvalue weighted by atomic mass is 10.1. The van der Waals surface area contributed by atoms with Crippen molar-refractivity contribution in [3.8, 4) is 0 Å². The average molecular weight is 509 g/mol. The highest BCUT2D eigenvalue weighted by Crippen LogP contribution is 2.17. The van der Waals surface area contributed by atoms with Crippen LogP contribution in [0.1, 0.15) is 36.5 Å². The Hall–Kier alpha value is -1.87. The minimum atomic E-state index is 0. The van der Waals surface area contributed by atoms with Gasteiger partial charge in [0.25, 0.3) is 0 Å². The summed E-state index contributed by atoms with van der Waals surface area (Å²) in [6.45, 7) is 7.42. The molecule has 2 heterocycles. The number of hydrogen-bond acceptors (Lipinski definition) is 3. The topological polar surface area (TPSA) is 54.2 Å². The molecule has 7 heteroatoms. The van der Waals surface area contributed by atoms with Gasteiger partial charge in [0.2, 0.25) is 0 Å². The largest absolute Gasteiger partial charge is 0.357 e. The molecule has 2 N–H and O–H groups in total. The number of nitrogens with zero attached hydrogens (tertiary/aromatic N) is 3. The predicted molar refractivity (Wildman–Crippen MR) is 129 cm³/mol. The zero-order valence-corrected chi connectivity index (χ0v) is 19.5. The molecular formula is C21H28IN5S. The molecular weight excluding hydrogens is 481 g/mol. The van der Waals surface area contributed by atoms with Gasteiger partial charge in [0.1, 0.15) is 0 Å². The highest BCUT2D eigenvalue weighted by Gasteiger charge is 2.08. The molecule has 2 aromatic heterocycles. The van der Waals surface area contributed by atoms with Gasteiger partial charge in [-0.3, -0.25) is 4.68 Å². The van der Waals surface area contributed by atoms with E-state index in [-0.39, 0.29) is 24.0 Å². The van der Waals surface area contributed by atoms with Crippen LogP contribution in [0.5, 0.6) is 0 Å². The molecule has 5 nitrogen and oxygen atoms in total. The fourth-order valence-corrected chi connectivity index (χ4v) is 3.65. The average Bonchev–Trinajstić information content (AvgIpc) is 3.39. The lowest BCUT2D eigenvalue weighted by Crippen LogP contribution is -2.39. The number of rotatable bonds is 8. The third kappa shape index (κ3) is 6.63. The highest BCUT2D eigenvalue weighted by atomic mass is 127. The number of halogens is 1. The van der Waals surface area contributed by atoms with Gasteiger partial charge in [-0.05, 0) is 52.4 Å². The number of guanidine groups is 1. The number of aliphatic imine (C=N–C) groups is 1. The number of thiophene rings is 1. The van der Waals surface area contributed by atoms with Crippen molar-refractivity contribution >= 4 is 41.3 Å². The second kappa shape index (κ2) is 11.9. The molecule has 0 amide bonds. The summed E-state index contributed by atoms with van der Waals surface area (Å²) in [4.78, 5) is 4.79. The molecule has 0 aliphatic carbocycles. The van der Waals surface area contributed by atoms with E-state index < -0.39 is 0 Å². The second-order valence-corrected chi connectivity index (χ2v) is 7.29. The smallest absolute Gasteiger partial charge is 0.191 e. The Morgan fingerprint density at radius 2 is 2.00 bits per heavy atom. The summed E-state index contributed by atoms with van der Waals surface area (Å²) in [6, 6.07) is 12.6. The first-order valence-electron chi connectivity index (χ1n) is 9.34. The highest BCUT2D eigenvalue weighted by molar-refractivity contribution is 14.0. The maximum atomic E-state index is 4.79. The van der Waals surface area contributed by atoms with Gasteiger partial charge in [0.05, 0.1) is 13.1 Å². The van der Waals surface area contributed by atoms with Gasteiger partial charge in [-0.15, -0.1) is 24.0 Å². The van der Waals surface area contributed by atoms with E-state index in [1.807, 2.05) is 23.1 Å². The lowest BCUT2D eigenvalue weighted by molar-refractivity contribution is 0.679. The number of aromatic nitrogens is 2. The van der Waals surface area contributed by atoms with Gasteiger partial charge >= 0.3 is 0 Å². The maximum absolute atomic E-state index is 4.79. The zero-order valence-electron chi connectivity index (χ0n) is 16.3. The van der Waals surface area contributed by atoms with Gasteiger partial charge in [0.15, 0.2) is 5.96 Å². The Bertz CT molecular complexity index is 830. The van der Waals surface area contributed by atoms with Crippen LogP contribution in [0.15, 0.2) is 64.5 Å². The monoisotopic (exact) mass is 509 g/mol. The van der Waals surface area contributed by atoms with Crippen molar-refractivity contribution < 1.29 is 0 Å². The van der Waals surface area contributed by atoms with Crippen LogP contribution < -0.4 is 10.6 Å². The minimum absolute atomic E-state index is 0. The summed E-state index contributed by atoms with van der Waals surface area (Å²) in [5.41, 5.74) is 3.83. The van der Waals surface area contributed by atoms with Crippen LogP contribution >= 0.6 is 35.3 Å². The quantitative estimate of drug-likeness (QED) is 0.268. The molecule has 0 fully saturated rings. The van der Waals surface area contributed by atoms with E-state index in [0.717, 1.165) is 25.6 Å². The summed E-state index contributed by atoms with van der Waals surface area (Å²) >= 11 is 1.74. The van der Waals surface area contributed by atoms with Crippen LogP contribution in [-0.4, -0.2) is 28.8 Å². The molecule has 3 rings (SSSR count). The van der Waals surface area contributed by atoms with Crippen molar-refractivity contribution in [2.75, 3.05) is 13.1 Å². The molecule has 0 aliphatic rings. The van der Waals surface area contributed by atoms with Gasteiger partial charge < -0.3 is 10.6 Å². The number of nitrogens with one attached hydrogen (secondary N) is 2.